The molecule has 20 heavy (non-hydrogen) atoms. The molecule has 0 heterocycles. The molecular weight excluding hydrogens is 257 g/mol. The van der Waals surface area contributed by atoms with Crippen LogP contribution in [0, 0.1) is 12.7 Å². The first-order chi connectivity index (χ1) is 9.50. The molecule has 0 saturated heterocycles. The fourth-order valence-electron chi connectivity index (χ4n) is 2.02. The second kappa shape index (κ2) is 8.22. The number of aliphatic hydroxyl groups is 1. The van der Waals surface area contributed by atoms with Crippen molar-refractivity contribution in [2.45, 2.75) is 45.6 Å². The Balaban J connectivity index is 2.38. The van der Waals surface area contributed by atoms with Crippen molar-refractivity contribution in [3.8, 4) is 5.75 Å². The minimum Gasteiger partial charge on any atom is -0.493 e. The molecule has 0 aliphatic heterocycles. The van der Waals surface area contributed by atoms with Gasteiger partial charge in [0.25, 0.3) is 0 Å². The Kier molecular flexibility index (Phi) is 6.96. The first-order valence-corrected chi connectivity index (χ1v) is 7.25. The highest BCUT2D eigenvalue weighted by Crippen LogP contribution is 2.19. The van der Waals surface area contributed by atoms with Gasteiger partial charge in [0.2, 0.25) is 0 Å². The number of hydrogen-bond donors (Lipinski definition) is 2. The van der Waals surface area contributed by atoms with E-state index in [9.17, 15) is 9.50 Å². The molecule has 114 valence electrons. The molecule has 0 saturated carbocycles. The molecule has 1 rings (SSSR count). The molecule has 0 aliphatic carbocycles. The summed E-state index contributed by atoms with van der Waals surface area (Å²) >= 11 is 0. The van der Waals surface area contributed by atoms with Gasteiger partial charge in [-0.25, -0.2) is 4.39 Å². The van der Waals surface area contributed by atoms with Gasteiger partial charge < -0.3 is 15.2 Å². The Labute approximate surface area is 121 Å². The molecule has 0 fully saturated rings. The predicted molar refractivity (Wildman–Crippen MR) is 79.7 cm³/mol. The van der Waals surface area contributed by atoms with Crippen molar-refractivity contribution in [3.05, 3.63) is 29.6 Å². The zero-order chi connectivity index (χ0) is 15.0. The lowest BCUT2D eigenvalue weighted by Crippen LogP contribution is -2.46. The van der Waals surface area contributed by atoms with Crippen LogP contribution in [0.1, 0.15) is 38.7 Å². The third-order valence-corrected chi connectivity index (χ3v) is 3.43. The molecule has 0 aliphatic rings. The molecule has 1 atom stereocenters. The van der Waals surface area contributed by atoms with E-state index < -0.39 is 0 Å². The van der Waals surface area contributed by atoms with Gasteiger partial charge in [0.15, 0.2) is 0 Å². The molecule has 2 N–H and O–H groups in total. The second-order valence-electron chi connectivity index (χ2n) is 5.51. The van der Waals surface area contributed by atoms with Crippen LogP contribution in [0.15, 0.2) is 18.2 Å². The van der Waals surface area contributed by atoms with Crippen molar-refractivity contribution in [1.29, 1.82) is 0 Å². The number of hydrogen-bond acceptors (Lipinski definition) is 3. The van der Waals surface area contributed by atoms with Crippen LogP contribution in [0.5, 0.6) is 5.75 Å². The minimum absolute atomic E-state index is 0.103. The standard InChI is InChI=1S/C16H26FNO2/c1-4-9-18-16(3,12-19)8-5-10-20-15-11-14(17)7-6-13(15)2/h6-7,11,18-19H,4-5,8-10,12H2,1-3H3. The van der Waals surface area contributed by atoms with Gasteiger partial charge in [0.05, 0.1) is 13.2 Å². The minimum atomic E-state index is -0.282. The maximum Gasteiger partial charge on any atom is 0.126 e. The summed E-state index contributed by atoms with van der Waals surface area (Å²) in [7, 11) is 0. The Bertz CT molecular complexity index is 411. The van der Waals surface area contributed by atoms with E-state index in [0.717, 1.165) is 31.4 Å². The molecular formula is C16H26FNO2. The van der Waals surface area contributed by atoms with Crippen LogP contribution in [0.2, 0.25) is 0 Å². The van der Waals surface area contributed by atoms with Gasteiger partial charge in [0.1, 0.15) is 11.6 Å². The van der Waals surface area contributed by atoms with Crippen LogP contribution in [0.4, 0.5) is 4.39 Å². The van der Waals surface area contributed by atoms with Crippen LogP contribution in [-0.4, -0.2) is 30.4 Å². The number of nitrogens with one attached hydrogen (secondary N) is 1. The number of ether oxygens (including phenoxy) is 1. The van der Waals surface area contributed by atoms with Gasteiger partial charge in [-0.3, -0.25) is 0 Å². The average molecular weight is 283 g/mol. The monoisotopic (exact) mass is 283 g/mol. The van der Waals surface area contributed by atoms with Crippen molar-refractivity contribution < 1.29 is 14.2 Å². The van der Waals surface area contributed by atoms with Crippen molar-refractivity contribution in [2.75, 3.05) is 19.8 Å². The highest BCUT2D eigenvalue weighted by atomic mass is 19.1. The molecule has 1 aromatic rings. The van der Waals surface area contributed by atoms with Crippen molar-refractivity contribution in [2.24, 2.45) is 0 Å². The van der Waals surface area contributed by atoms with Gasteiger partial charge in [-0.1, -0.05) is 13.0 Å². The predicted octanol–water partition coefficient (Wildman–Crippen LogP) is 3.04. The van der Waals surface area contributed by atoms with Crippen LogP contribution in [0.3, 0.4) is 0 Å². The molecule has 0 amide bonds. The molecule has 0 aromatic heterocycles. The summed E-state index contributed by atoms with van der Waals surface area (Å²) in [5.74, 6) is 0.313. The van der Waals surface area contributed by atoms with Crippen LogP contribution in [0.25, 0.3) is 0 Å². The molecule has 1 unspecified atom stereocenters. The van der Waals surface area contributed by atoms with Gasteiger partial charge in [-0.05, 0) is 51.3 Å². The number of halogens is 1. The summed E-state index contributed by atoms with van der Waals surface area (Å²) in [5, 5.41) is 12.8. The second-order valence-corrected chi connectivity index (χ2v) is 5.51. The quantitative estimate of drug-likeness (QED) is 0.684. The van der Waals surface area contributed by atoms with E-state index in [0.29, 0.717) is 12.4 Å². The number of aryl methyl sites for hydroxylation is 1. The normalized spacial score (nSPS) is 14.1. The largest absolute Gasteiger partial charge is 0.493 e. The summed E-state index contributed by atoms with van der Waals surface area (Å²) in [6.07, 6.45) is 2.66. The van der Waals surface area contributed by atoms with Crippen molar-refractivity contribution in [3.63, 3.8) is 0 Å². The lowest BCUT2D eigenvalue weighted by Gasteiger charge is -2.28. The lowest BCUT2D eigenvalue weighted by atomic mass is 9.97. The van der Waals surface area contributed by atoms with Crippen LogP contribution in [-0.2, 0) is 0 Å². The first kappa shape index (κ1) is 16.9. The summed E-state index contributed by atoms with van der Waals surface area (Å²) in [4.78, 5) is 0. The van der Waals surface area contributed by atoms with E-state index in [1.54, 1.807) is 6.07 Å². The van der Waals surface area contributed by atoms with E-state index in [2.05, 4.69) is 12.2 Å². The topological polar surface area (TPSA) is 41.5 Å². The van der Waals surface area contributed by atoms with Gasteiger partial charge in [-0.15, -0.1) is 0 Å². The highest BCUT2D eigenvalue weighted by molar-refractivity contribution is 5.32. The molecule has 3 nitrogen and oxygen atoms in total. The first-order valence-electron chi connectivity index (χ1n) is 7.25. The highest BCUT2D eigenvalue weighted by Gasteiger charge is 2.21. The zero-order valence-electron chi connectivity index (χ0n) is 12.7. The van der Waals surface area contributed by atoms with E-state index in [1.807, 2.05) is 13.8 Å². The Hall–Kier alpha value is -1.13. The molecule has 0 spiro atoms. The van der Waals surface area contributed by atoms with E-state index in [4.69, 9.17) is 4.74 Å². The van der Waals surface area contributed by atoms with Crippen LogP contribution < -0.4 is 10.1 Å². The maximum absolute atomic E-state index is 13.1. The third kappa shape index (κ3) is 5.47. The molecule has 0 radical (unpaired) electrons. The Morgan fingerprint density at radius 1 is 1.40 bits per heavy atom. The Morgan fingerprint density at radius 3 is 2.80 bits per heavy atom. The van der Waals surface area contributed by atoms with Gasteiger partial charge >= 0.3 is 0 Å². The molecule has 4 heteroatoms. The lowest BCUT2D eigenvalue weighted by molar-refractivity contribution is 0.156. The van der Waals surface area contributed by atoms with Gasteiger partial charge in [-0.2, -0.15) is 0 Å². The van der Waals surface area contributed by atoms with Crippen molar-refractivity contribution >= 4 is 0 Å². The van der Waals surface area contributed by atoms with Crippen LogP contribution >= 0.6 is 0 Å². The summed E-state index contributed by atoms with van der Waals surface area (Å²) < 4.78 is 18.7. The fourth-order valence-corrected chi connectivity index (χ4v) is 2.02. The van der Waals surface area contributed by atoms with Gasteiger partial charge in [0, 0.05) is 11.6 Å². The number of benzene rings is 1. The van der Waals surface area contributed by atoms with Crippen molar-refractivity contribution in [1.82, 2.24) is 5.32 Å². The van der Waals surface area contributed by atoms with E-state index in [-0.39, 0.29) is 18.0 Å². The zero-order valence-corrected chi connectivity index (χ0v) is 12.7. The summed E-state index contributed by atoms with van der Waals surface area (Å²) in [6, 6.07) is 4.56. The SMILES string of the molecule is CCCNC(C)(CO)CCCOc1cc(F)ccc1C. The Morgan fingerprint density at radius 2 is 2.15 bits per heavy atom. The fraction of sp³-hybridized carbons (Fsp3) is 0.625. The maximum atomic E-state index is 13.1. The van der Waals surface area contributed by atoms with E-state index >= 15 is 0 Å². The smallest absolute Gasteiger partial charge is 0.126 e. The summed E-state index contributed by atoms with van der Waals surface area (Å²) in [5.41, 5.74) is 0.663. The number of rotatable bonds is 9. The molecule has 1 aromatic carbocycles. The average Bonchev–Trinajstić information content (AvgIpc) is 2.45. The number of aliphatic hydroxyl groups excluding tert-OH is 1. The van der Waals surface area contributed by atoms with E-state index in [1.165, 1.54) is 12.1 Å². The summed E-state index contributed by atoms with van der Waals surface area (Å²) in [6.45, 7) is 7.52. The molecule has 0 bridgehead atoms. The third-order valence-electron chi connectivity index (χ3n) is 3.43.